The third-order valence-electron chi connectivity index (χ3n) is 5.82. The molecule has 3 N–H and O–H groups in total. The van der Waals surface area contributed by atoms with Crippen LogP contribution in [-0.2, 0) is 0 Å². The SMILES string of the molecule is CCNC(=NCC(C)(C)NC(C)c1ccccc1)NC1CCN(C2CC2)CC1.I. The highest BCUT2D eigenvalue weighted by Crippen LogP contribution is 2.29. The second-order valence-electron chi connectivity index (χ2n) is 9.04. The summed E-state index contributed by atoms with van der Waals surface area (Å²) < 4.78 is 0. The Labute approximate surface area is 194 Å². The number of benzene rings is 1. The van der Waals surface area contributed by atoms with Crippen LogP contribution in [0.3, 0.4) is 0 Å². The Morgan fingerprint density at radius 1 is 1.14 bits per heavy atom. The standard InChI is InChI=1S/C23H39N5.HI/c1-5-24-22(26-20-13-15-28(16-14-20)21-11-12-21)25-17-23(3,4)27-18(2)19-9-7-6-8-10-19;/h6-10,18,20-21,27H,5,11-17H2,1-4H3,(H2,24,25,26);1H. The van der Waals surface area contributed by atoms with E-state index in [0.29, 0.717) is 12.1 Å². The molecule has 1 heterocycles. The Bertz CT molecular complexity index is 621. The molecule has 1 aliphatic heterocycles. The lowest BCUT2D eigenvalue weighted by Gasteiger charge is -2.33. The molecule has 5 nitrogen and oxygen atoms in total. The molecule has 0 spiro atoms. The molecule has 0 amide bonds. The van der Waals surface area contributed by atoms with Gasteiger partial charge in [-0.05, 0) is 58.9 Å². The Balaban J connectivity index is 0.00000300. The van der Waals surface area contributed by atoms with Crippen LogP contribution >= 0.6 is 24.0 Å². The molecule has 2 fully saturated rings. The zero-order chi connectivity index (χ0) is 20.0. The van der Waals surface area contributed by atoms with E-state index in [1.807, 2.05) is 0 Å². The number of halogens is 1. The van der Waals surface area contributed by atoms with Crippen LogP contribution in [0.2, 0.25) is 0 Å². The van der Waals surface area contributed by atoms with Gasteiger partial charge in [-0.2, -0.15) is 0 Å². The summed E-state index contributed by atoms with van der Waals surface area (Å²) in [6, 6.07) is 12.3. The van der Waals surface area contributed by atoms with Crippen LogP contribution in [0.25, 0.3) is 0 Å². The van der Waals surface area contributed by atoms with Gasteiger partial charge in [-0.1, -0.05) is 30.3 Å². The average Bonchev–Trinajstić information content (AvgIpc) is 3.53. The average molecular weight is 514 g/mol. The first-order valence-corrected chi connectivity index (χ1v) is 11.1. The minimum absolute atomic E-state index is 0. The number of nitrogens with one attached hydrogen (secondary N) is 3. The topological polar surface area (TPSA) is 51.7 Å². The van der Waals surface area contributed by atoms with E-state index in [9.17, 15) is 0 Å². The number of rotatable bonds is 8. The Morgan fingerprint density at radius 2 is 1.79 bits per heavy atom. The van der Waals surface area contributed by atoms with Crippen LogP contribution in [0.4, 0.5) is 0 Å². The van der Waals surface area contributed by atoms with Gasteiger partial charge in [0.1, 0.15) is 0 Å². The number of hydrogen-bond acceptors (Lipinski definition) is 3. The fourth-order valence-electron chi connectivity index (χ4n) is 4.10. The van der Waals surface area contributed by atoms with E-state index in [2.05, 4.69) is 78.9 Å². The van der Waals surface area contributed by atoms with Gasteiger partial charge in [0.15, 0.2) is 5.96 Å². The highest BCUT2D eigenvalue weighted by Gasteiger charge is 2.32. The molecule has 1 saturated heterocycles. The Morgan fingerprint density at radius 3 is 2.38 bits per heavy atom. The highest BCUT2D eigenvalue weighted by atomic mass is 127. The zero-order valence-electron chi connectivity index (χ0n) is 18.6. The molecule has 164 valence electrons. The van der Waals surface area contributed by atoms with Gasteiger partial charge in [0, 0.05) is 43.3 Å². The molecule has 1 aromatic rings. The van der Waals surface area contributed by atoms with Gasteiger partial charge < -0.3 is 20.9 Å². The van der Waals surface area contributed by atoms with Gasteiger partial charge in [0.25, 0.3) is 0 Å². The van der Waals surface area contributed by atoms with Crippen molar-refractivity contribution in [3.8, 4) is 0 Å². The highest BCUT2D eigenvalue weighted by molar-refractivity contribution is 14.0. The van der Waals surface area contributed by atoms with E-state index in [1.165, 1.54) is 44.3 Å². The quantitative estimate of drug-likeness (QED) is 0.280. The summed E-state index contributed by atoms with van der Waals surface area (Å²) in [5.41, 5.74) is 1.24. The molecule has 6 heteroatoms. The molecule has 1 aromatic carbocycles. The number of aliphatic imine (C=N–C) groups is 1. The number of piperidine rings is 1. The number of hydrogen-bond donors (Lipinski definition) is 3. The second-order valence-corrected chi connectivity index (χ2v) is 9.04. The summed E-state index contributed by atoms with van der Waals surface area (Å²) in [5, 5.41) is 10.8. The first-order valence-electron chi connectivity index (χ1n) is 11.1. The minimum atomic E-state index is -0.0764. The molecule has 3 rings (SSSR count). The van der Waals surface area contributed by atoms with E-state index in [-0.39, 0.29) is 29.5 Å². The monoisotopic (exact) mass is 513 g/mol. The fourth-order valence-corrected chi connectivity index (χ4v) is 4.10. The summed E-state index contributed by atoms with van der Waals surface area (Å²) in [6.07, 6.45) is 5.25. The molecule has 1 unspecified atom stereocenters. The van der Waals surface area contributed by atoms with E-state index in [4.69, 9.17) is 4.99 Å². The van der Waals surface area contributed by atoms with Crippen molar-refractivity contribution >= 4 is 29.9 Å². The largest absolute Gasteiger partial charge is 0.357 e. The first-order chi connectivity index (χ1) is 13.5. The molecule has 0 bridgehead atoms. The van der Waals surface area contributed by atoms with Gasteiger partial charge in [0.2, 0.25) is 0 Å². The lowest BCUT2D eigenvalue weighted by atomic mass is 10.0. The third-order valence-corrected chi connectivity index (χ3v) is 5.82. The molecular weight excluding hydrogens is 473 g/mol. The first kappa shape index (κ1) is 24.4. The normalized spacial score (nSPS) is 20.1. The molecule has 1 atom stereocenters. The number of guanidine groups is 1. The van der Waals surface area contributed by atoms with Gasteiger partial charge in [-0.15, -0.1) is 24.0 Å². The predicted octanol–water partition coefficient (Wildman–Crippen LogP) is 3.92. The summed E-state index contributed by atoms with van der Waals surface area (Å²) in [5.74, 6) is 0.953. The summed E-state index contributed by atoms with van der Waals surface area (Å²) >= 11 is 0. The zero-order valence-corrected chi connectivity index (χ0v) is 20.9. The summed E-state index contributed by atoms with van der Waals surface area (Å²) in [7, 11) is 0. The Hall–Kier alpha value is -0.860. The van der Waals surface area contributed by atoms with E-state index >= 15 is 0 Å². The van der Waals surface area contributed by atoms with Crippen molar-refractivity contribution < 1.29 is 0 Å². The van der Waals surface area contributed by atoms with Crippen molar-refractivity contribution in [3.05, 3.63) is 35.9 Å². The van der Waals surface area contributed by atoms with E-state index in [0.717, 1.165) is 25.1 Å². The maximum atomic E-state index is 4.91. The molecule has 29 heavy (non-hydrogen) atoms. The van der Waals surface area contributed by atoms with E-state index < -0.39 is 0 Å². The van der Waals surface area contributed by atoms with Crippen LogP contribution in [0.15, 0.2) is 35.3 Å². The molecule has 1 aliphatic carbocycles. The van der Waals surface area contributed by atoms with Crippen LogP contribution in [0.1, 0.15) is 65.0 Å². The number of nitrogens with zero attached hydrogens (tertiary/aromatic N) is 2. The fraction of sp³-hybridized carbons (Fsp3) is 0.696. The molecule has 0 aromatic heterocycles. The predicted molar refractivity (Wildman–Crippen MR) is 134 cm³/mol. The third kappa shape index (κ3) is 8.06. The Kier molecular flexibility index (Phi) is 9.69. The van der Waals surface area contributed by atoms with Gasteiger partial charge >= 0.3 is 0 Å². The van der Waals surface area contributed by atoms with Crippen molar-refractivity contribution in [2.75, 3.05) is 26.2 Å². The van der Waals surface area contributed by atoms with Crippen molar-refractivity contribution in [2.24, 2.45) is 4.99 Å². The van der Waals surface area contributed by atoms with E-state index in [1.54, 1.807) is 0 Å². The van der Waals surface area contributed by atoms with Crippen LogP contribution < -0.4 is 16.0 Å². The maximum absolute atomic E-state index is 4.91. The van der Waals surface area contributed by atoms with Crippen LogP contribution in [0.5, 0.6) is 0 Å². The van der Waals surface area contributed by atoms with Crippen molar-refractivity contribution in [1.82, 2.24) is 20.9 Å². The van der Waals surface area contributed by atoms with Gasteiger partial charge in [0.05, 0.1) is 6.54 Å². The molecule has 0 radical (unpaired) electrons. The van der Waals surface area contributed by atoms with Crippen LogP contribution in [0, 0.1) is 0 Å². The molecule has 1 saturated carbocycles. The smallest absolute Gasteiger partial charge is 0.191 e. The lowest BCUT2D eigenvalue weighted by molar-refractivity contribution is 0.197. The molecule has 2 aliphatic rings. The van der Waals surface area contributed by atoms with Gasteiger partial charge in [-0.3, -0.25) is 4.99 Å². The summed E-state index contributed by atoms with van der Waals surface area (Å²) in [4.78, 5) is 7.58. The van der Waals surface area contributed by atoms with Crippen molar-refractivity contribution in [1.29, 1.82) is 0 Å². The summed E-state index contributed by atoms with van der Waals surface area (Å²) in [6.45, 7) is 12.9. The number of likely N-dealkylation sites (tertiary alicyclic amines) is 1. The second kappa shape index (κ2) is 11.5. The maximum Gasteiger partial charge on any atom is 0.191 e. The lowest BCUT2D eigenvalue weighted by Crippen LogP contribution is -2.50. The van der Waals surface area contributed by atoms with Crippen molar-refractivity contribution in [2.45, 2.75) is 77.0 Å². The van der Waals surface area contributed by atoms with Gasteiger partial charge in [-0.25, -0.2) is 0 Å². The van der Waals surface area contributed by atoms with Crippen LogP contribution in [-0.4, -0.2) is 54.7 Å². The minimum Gasteiger partial charge on any atom is -0.357 e. The molecular formula is C23H40IN5. The van der Waals surface area contributed by atoms with Crippen molar-refractivity contribution in [3.63, 3.8) is 0 Å².